The first-order valence-corrected chi connectivity index (χ1v) is 7.32. The van der Waals surface area contributed by atoms with E-state index in [1.54, 1.807) is 0 Å². The molecule has 0 bridgehead atoms. The first-order valence-electron chi connectivity index (χ1n) is 7.32. The summed E-state index contributed by atoms with van der Waals surface area (Å²) in [5, 5.41) is 14.5. The molecule has 0 spiro atoms. The number of carboxylic acid groups (broad SMARTS) is 1. The summed E-state index contributed by atoms with van der Waals surface area (Å²) in [5.41, 5.74) is -1.83. The SMILES string of the molecule is CC.CC.O=C(O)c1cn[nH]c1OCCC1(C(F)(F)F)CC1. The highest BCUT2D eigenvalue weighted by Gasteiger charge is 2.62. The van der Waals surface area contributed by atoms with Crippen LogP contribution in [0.3, 0.4) is 0 Å². The third-order valence-electron chi connectivity index (χ3n) is 3.12. The number of rotatable bonds is 5. The molecule has 2 N–H and O–H groups in total. The zero-order valence-corrected chi connectivity index (χ0v) is 13.3. The van der Waals surface area contributed by atoms with Crippen LogP contribution in [0.25, 0.3) is 0 Å². The summed E-state index contributed by atoms with van der Waals surface area (Å²) >= 11 is 0. The topological polar surface area (TPSA) is 75.2 Å². The van der Waals surface area contributed by atoms with Gasteiger partial charge in [-0.15, -0.1) is 0 Å². The van der Waals surface area contributed by atoms with Crippen LogP contribution in [0, 0.1) is 5.41 Å². The molecule has 8 heteroatoms. The quantitative estimate of drug-likeness (QED) is 0.848. The summed E-state index contributed by atoms with van der Waals surface area (Å²) in [7, 11) is 0. The number of aromatic nitrogens is 2. The third-order valence-corrected chi connectivity index (χ3v) is 3.12. The van der Waals surface area contributed by atoms with Crippen molar-refractivity contribution in [2.45, 2.75) is 53.1 Å². The van der Waals surface area contributed by atoms with Crippen LogP contribution in [0.15, 0.2) is 6.20 Å². The molecule has 0 atom stereocenters. The van der Waals surface area contributed by atoms with Gasteiger partial charge in [-0.3, -0.25) is 0 Å². The monoisotopic (exact) mass is 324 g/mol. The zero-order valence-electron chi connectivity index (χ0n) is 13.3. The van der Waals surface area contributed by atoms with Gasteiger partial charge in [0.15, 0.2) is 0 Å². The van der Waals surface area contributed by atoms with E-state index in [0.717, 1.165) is 6.20 Å². The molecule has 128 valence electrons. The number of carboxylic acids is 1. The molecule has 2 rings (SSSR count). The second-order valence-electron chi connectivity index (χ2n) is 4.29. The largest absolute Gasteiger partial charge is 0.477 e. The normalized spacial score (nSPS) is 14.9. The van der Waals surface area contributed by atoms with Gasteiger partial charge in [0, 0.05) is 0 Å². The Morgan fingerprint density at radius 2 is 1.91 bits per heavy atom. The molecule has 1 aliphatic carbocycles. The van der Waals surface area contributed by atoms with Gasteiger partial charge >= 0.3 is 12.1 Å². The molecule has 22 heavy (non-hydrogen) atoms. The van der Waals surface area contributed by atoms with Crippen LogP contribution in [0.2, 0.25) is 0 Å². The van der Waals surface area contributed by atoms with Gasteiger partial charge in [0.2, 0.25) is 5.88 Å². The molecule has 1 aromatic rings. The van der Waals surface area contributed by atoms with E-state index in [1.165, 1.54) is 0 Å². The number of H-pyrrole nitrogens is 1. The number of nitrogens with one attached hydrogen (secondary N) is 1. The number of ether oxygens (including phenoxy) is 1. The molecule has 0 unspecified atom stereocenters. The smallest absolute Gasteiger partial charge is 0.394 e. The Labute approximate surface area is 127 Å². The summed E-state index contributed by atoms with van der Waals surface area (Å²) in [4.78, 5) is 10.7. The Morgan fingerprint density at radius 1 is 1.36 bits per heavy atom. The van der Waals surface area contributed by atoms with E-state index in [9.17, 15) is 18.0 Å². The average Bonchev–Trinajstić information content (AvgIpc) is 3.14. The minimum absolute atomic E-state index is 0.106. The fourth-order valence-corrected chi connectivity index (χ4v) is 1.71. The lowest BCUT2D eigenvalue weighted by atomic mass is 10.0. The van der Waals surface area contributed by atoms with Gasteiger partial charge in [0.25, 0.3) is 0 Å². The lowest BCUT2D eigenvalue weighted by molar-refractivity contribution is -0.190. The van der Waals surface area contributed by atoms with Crippen LogP contribution >= 0.6 is 0 Å². The Bertz CT molecular complexity index is 454. The van der Waals surface area contributed by atoms with Gasteiger partial charge in [-0.05, 0) is 19.3 Å². The summed E-state index contributed by atoms with van der Waals surface area (Å²) in [6.07, 6.45) is -3.13. The molecule has 1 aromatic heterocycles. The van der Waals surface area contributed by atoms with E-state index in [2.05, 4.69) is 10.2 Å². The molecule has 5 nitrogen and oxygen atoms in total. The van der Waals surface area contributed by atoms with Gasteiger partial charge < -0.3 is 9.84 Å². The van der Waals surface area contributed by atoms with Crippen molar-refractivity contribution in [1.82, 2.24) is 10.2 Å². The second-order valence-corrected chi connectivity index (χ2v) is 4.29. The van der Waals surface area contributed by atoms with Crippen molar-refractivity contribution < 1.29 is 27.8 Å². The van der Waals surface area contributed by atoms with E-state index in [-0.39, 0.29) is 37.3 Å². The highest BCUT2D eigenvalue weighted by Crippen LogP contribution is 2.59. The van der Waals surface area contributed by atoms with Crippen molar-refractivity contribution in [1.29, 1.82) is 0 Å². The van der Waals surface area contributed by atoms with E-state index < -0.39 is 17.6 Å². The van der Waals surface area contributed by atoms with Gasteiger partial charge in [0.1, 0.15) is 5.56 Å². The molecule has 1 heterocycles. The van der Waals surface area contributed by atoms with Crippen molar-refractivity contribution in [2.24, 2.45) is 5.41 Å². The highest BCUT2D eigenvalue weighted by atomic mass is 19.4. The Morgan fingerprint density at radius 3 is 2.32 bits per heavy atom. The summed E-state index contributed by atoms with van der Waals surface area (Å²) in [6.45, 7) is 7.81. The predicted octanol–water partition coefficient (Wildman–Crippen LogP) is 4.27. The molecule has 1 fully saturated rings. The second kappa shape index (κ2) is 8.65. The first kappa shape index (κ1) is 20.3. The summed E-state index contributed by atoms with van der Waals surface area (Å²) in [5.74, 6) is -1.35. The Kier molecular flexibility index (Phi) is 7.97. The van der Waals surface area contributed by atoms with E-state index >= 15 is 0 Å². The Hall–Kier alpha value is -1.73. The van der Waals surface area contributed by atoms with Gasteiger partial charge in [0.05, 0.1) is 18.2 Å². The highest BCUT2D eigenvalue weighted by molar-refractivity contribution is 5.89. The number of hydrogen-bond acceptors (Lipinski definition) is 3. The number of aromatic carboxylic acids is 1. The van der Waals surface area contributed by atoms with Crippen molar-refractivity contribution in [3.8, 4) is 5.88 Å². The molecule has 0 saturated heterocycles. The van der Waals surface area contributed by atoms with Gasteiger partial charge in [-0.25, -0.2) is 9.89 Å². The number of halogens is 3. The lowest BCUT2D eigenvalue weighted by Gasteiger charge is -2.18. The number of alkyl halides is 3. The molecule has 0 aliphatic heterocycles. The van der Waals surface area contributed by atoms with Crippen molar-refractivity contribution >= 4 is 5.97 Å². The van der Waals surface area contributed by atoms with Crippen LogP contribution < -0.4 is 4.74 Å². The maximum atomic E-state index is 12.6. The predicted molar refractivity (Wildman–Crippen MR) is 76.1 cm³/mol. The standard InChI is InChI=1S/C10H11F3N2O3.2C2H6/c11-10(12,13)9(1-2-9)3-4-18-7-6(8(16)17)5-14-15-7;2*1-2/h5H,1-4H2,(H,14,15)(H,16,17);2*1-2H3. The van der Waals surface area contributed by atoms with Crippen LogP contribution in [-0.4, -0.2) is 34.1 Å². The fourth-order valence-electron chi connectivity index (χ4n) is 1.71. The number of nitrogens with zero attached hydrogens (tertiary/aromatic N) is 1. The van der Waals surface area contributed by atoms with Crippen molar-refractivity contribution in [3.63, 3.8) is 0 Å². The fraction of sp³-hybridized carbons (Fsp3) is 0.714. The van der Waals surface area contributed by atoms with Crippen LogP contribution in [0.4, 0.5) is 13.2 Å². The lowest BCUT2D eigenvalue weighted by Crippen LogP contribution is -2.26. The maximum absolute atomic E-state index is 12.6. The van der Waals surface area contributed by atoms with Crippen LogP contribution in [-0.2, 0) is 0 Å². The third kappa shape index (κ3) is 4.92. The molecule has 1 saturated carbocycles. The van der Waals surface area contributed by atoms with E-state index in [4.69, 9.17) is 9.84 Å². The van der Waals surface area contributed by atoms with Gasteiger partial charge in [-0.2, -0.15) is 18.3 Å². The van der Waals surface area contributed by atoms with E-state index in [1.807, 2.05) is 27.7 Å². The number of carbonyl (C=O) groups is 1. The first-order chi connectivity index (χ1) is 10.4. The summed E-state index contributed by atoms with van der Waals surface area (Å²) < 4.78 is 42.8. The molecular formula is C14H23F3N2O3. The minimum atomic E-state index is -4.22. The zero-order chi connectivity index (χ0) is 17.4. The van der Waals surface area contributed by atoms with Crippen LogP contribution in [0.5, 0.6) is 5.88 Å². The molecule has 0 radical (unpaired) electrons. The average molecular weight is 324 g/mol. The molecular weight excluding hydrogens is 301 g/mol. The number of aromatic amines is 1. The molecule has 0 amide bonds. The number of hydrogen-bond donors (Lipinski definition) is 2. The van der Waals surface area contributed by atoms with Crippen molar-refractivity contribution in [3.05, 3.63) is 11.8 Å². The summed E-state index contributed by atoms with van der Waals surface area (Å²) in [6, 6.07) is 0. The molecule has 0 aromatic carbocycles. The maximum Gasteiger partial charge on any atom is 0.394 e. The van der Waals surface area contributed by atoms with Crippen molar-refractivity contribution in [2.75, 3.05) is 6.61 Å². The van der Waals surface area contributed by atoms with Crippen LogP contribution in [0.1, 0.15) is 57.3 Å². The van der Waals surface area contributed by atoms with Gasteiger partial charge in [-0.1, -0.05) is 27.7 Å². The minimum Gasteiger partial charge on any atom is -0.477 e. The Balaban J connectivity index is 0.00000102. The molecule has 1 aliphatic rings. The van der Waals surface area contributed by atoms with E-state index in [0.29, 0.717) is 0 Å².